The fourth-order valence-corrected chi connectivity index (χ4v) is 2.15. The van der Waals surface area contributed by atoms with E-state index in [-0.39, 0.29) is 12.0 Å². The number of nitrogens with zero attached hydrogens (tertiary/aromatic N) is 3. The highest BCUT2D eigenvalue weighted by molar-refractivity contribution is 5.51. The number of H-pyrrole nitrogens is 1. The van der Waals surface area contributed by atoms with E-state index in [1.54, 1.807) is 6.08 Å². The van der Waals surface area contributed by atoms with E-state index < -0.39 is 6.61 Å². The summed E-state index contributed by atoms with van der Waals surface area (Å²) in [6, 6.07) is 1.29. The Bertz CT molecular complexity index is 695. The van der Waals surface area contributed by atoms with Gasteiger partial charge in [-0.1, -0.05) is 32.9 Å². The first kappa shape index (κ1) is 19.6. The highest BCUT2D eigenvalue weighted by Gasteiger charge is 2.12. The van der Waals surface area contributed by atoms with Crippen molar-refractivity contribution in [3.8, 4) is 11.8 Å². The number of aromatic nitrogens is 4. The quantitative estimate of drug-likeness (QED) is 0.576. The van der Waals surface area contributed by atoms with Crippen molar-refractivity contribution in [3.05, 3.63) is 31.1 Å². The van der Waals surface area contributed by atoms with Gasteiger partial charge in [0.15, 0.2) is 5.82 Å². The summed E-state index contributed by atoms with van der Waals surface area (Å²) in [5, 5.41) is 9.00. The molecule has 2 atom stereocenters. The Morgan fingerprint density at radius 1 is 1.27 bits per heavy atom. The number of nitrogens with one attached hydrogen (secondary N) is 2. The van der Waals surface area contributed by atoms with Gasteiger partial charge in [-0.2, -0.15) is 13.8 Å². The zero-order valence-corrected chi connectivity index (χ0v) is 14.8. The number of hydrogen-bond acceptors (Lipinski definition) is 6. The molecule has 0 radical (unpaired) electrons. The molecule has 0 bridgehead atoms. The molecular formula is C17H23F2N5O2. The minimum absolute atomic E-state index is 0.160. The maximum absolute atomic E-state index is 12.2. The van der Waals surface area contributed by atoms with Crippen LogP contribution in [-0.4, -0.2) is 32.9 Å². The maximum Gasteiger partial charge on any atom is 0.388 e. The molecule has 0 amide bonds. The van der Waals surface area contributed by atoms with Gasteiger partial charge >= 0.3 is 6.61 Å². The molecule has 0 aliphatic heterocycles. The molecule has 2 aromatic heterocycles. The number of ether oxygens (including phenoxy) is 2. The first-order valence-corrected chi connectivity index (χ1v) is 8.38. The third kappa shape index (κ3) is 6.30. The lowest BCUT2D eigenvalue weighted by molar-refractivity contribution is -0.0528. The van der Waals surface area contributed by atoms with E-state index >= 15 is 0 Å². The van der Waals surface area contributed by atoms with Crippen molar-refractivity contribution < 1.29 is 18.3 Å². The summed E-state index contributed by atoms with van der Waals surface area (Å²) in [6.45, 7) is 5.21. The van der Waals surface area contributed by atoms with Crippen LogP contribution >= 0.6 is 0 Å². The second-order valence-electron chi connectivity index (χ2n) is 5.85. The molecular weight excluding hydrogens is 344 g/mol. The molecule has 2 heterocycles. The lowest BCUT2D eigenvalue weighted by Gasteiger charge is -2.17. The topological polar surface area (TPSA) is 85.0 Å². The standard InChI is InChI=1S/C17H23F2N5O2/c1-4-11(3)6-7-12(5-2)25-16-10-20-9-14(22-16)21-13-8-15(24-23-13)26-17(18)19/h5,8-12,17H,2,4,6-7H2,1,3H3,(H2,21,22,23,24)/t11-,12?/m0/s1. The second-order valence-corrected chi connectivity index (χ2v) is 5.85. The van der Waals surface area contributed by atoms with Gasteiger partial charge in [-0.05, 0) is 18.8 Å². The molecule has 0 aromatic carbocycles. The molecule has 0 saturated carbocycles. The molecule has 0 saturated heterocycles. The third-order valence-electron chi connectivity index (χ3n) is 3.82. The molecule has 7 nitrogen and oxygen atoms in total. The predicted octanol–water partition coefficient (Wildman–Crippen LogP) is 4.30. The normalized spacial score (nSPS) is 13.3. The fourth-order valence-electron chi connectivity index (χ4n) is 2.15. The van der Waals surface area contributed by atoms with E-state index in [4.69, 9.17) is 4.74 Å². The van der Waals surface area contributed by atoms with Gasteiger partial charge in [0.05, 0.1) is 12.4 Å². The van der Waals surface area contributed by atoms with Crippen molar-refractivity contribution in [2.45, 2.75) is 45.8 Å². The van der Waals surface area contributed by atoms with Crippen LogP contribution < -0.4 is 14.8 Å². The molecule has 0 aliphatic rings. The van der Waals surface area contributed by atoms with Gasteiger partial charge in [-0.25, -0.2) is 0 Å². The van der Waals surface area contributed by atoms with Crippen LogP contribution in [0.3, 0.4) is 0 Å². The van der Waals surface area contributed by atoms with E-state index in [1.165, 1.54) is 18.5 Å². The maximum atomic E-state index is 12.2. The summed E-state index contributed by atoms with van der Waals surface area (Å²) >= 11 is 0. The van der Waals surface area contributed by atoms with Crippen molar-refractivity contribution in [2.24, 2.45) is 5.92 Å². The van der Waals surface area contributed by atoms with Crippen LogP contribution in [0.15, 0.2) is 31.1 Å². The summed E-state index contributed by atoms with van der Waals surface area (Å²) in [5.41, 5.74) is 0. The highest BCUT2D eigenvalue weighted by atomic mass is 19.3. The molecule has 2 N–H and O–H groups in total. The van der Waals surface area contributed by atoms with E-state index in [0.717, 1.165) is 19.3 Å². The van der Waals surface area contributed by atoms with Gasteiger partial charge in [0.1, 0.15) is 11.9 Å². The van der Waals surface area contributed by atoms with Gasteiger partial charge in [0.25, 0.3) is 0 Å². The lowest BCUT2D eigenvalue weighted by Crippen LogP contribution is -2.15. The Kier molecular flexibility index (Phi) is 7.31. The van der Waals surface area contributed by atoms with Crippen molar-refractivity contribution in [1.29, 1.82) is 0 Å². The van der Waals surface area contributed by atoms with E-state index in [9.17, 15) is 8.78 Å². The fraction of sp³-hybridized carbons (Fsp3) is 0.471. The van der Waals surface area contributed by atoms with Gasteiger partial charge in [-0.15, -0.1) is 5.10 Å². The minimum atomic E-state index is -2.94. The predicted molar refractivity (Wildman–Crippen MR) is 93.8 cm³/mol. The van der Waals surface area contributed by atoms with E-state index in [1.807, 2.05) is 0 Å². The molecule has 2 rings (SSSR count). The van der Waals surface area contributed by atoms with Crippen molar-refractivity contribution in [1.82, 2.24) is 20.2 Å². The molecule has 0 fully saturated rings. The third-order valence-corrected chi connectivity index (χ3v) is 3.82. The van der Waals surface area contributed by atoms with Crippen LogP contribution in [0.4, 0.5) is 20.4 Å². The van der Waals surface area contributed by atoms with Crippen LogP contribution in [0, 0.1) is 5.92 Å². The average Bonchev–Trinajstić information content (AvgIpc) is 3.04. The zero-order chi connectivity index (χ0) is 18.9. The number of anilines is 2. The number of halogens is 2. The van der Waals surface area contributed by atoms with Gasteiger partial charge in [0.2, 0.25) is 11.8 Å². The van der Waals surface area contributed by atoms with E-state index in [2.05, 4.69) is 50.6 Å². The Hall–Kier alpha value is -2.71. The highest BCUT2D eigenvalue weighted by Crippen LogP contribution is 2.21. The molecule has 1 unspecified atom stereocenters. The summed E-state index contributed by atoms with van der Waals surface area (Å²) in [5.74, 6) is 1.45. The number of alkyl halides is 2. The van der Waals surface area contributed by atoms with Crippen molar-refractivity contribution in [3.63, 3.8) is 0 Å². The minimum Gasteiger partial charge on any atom is -0.469 e. The molecule has 2 aromatic rings. The van der Waals surface area contributed by atoms with Crippen LogP contribution in [0.2, 0.25) is 0 Å². The summed E-state index contributed by atoms with van der Waals surface area (Å²) in [4.78, 5) is 8.36. The SMILES string of the molecule is C=CC(CC[C@@H](C)CC)Oc1cncc(Nc2cc(OC(F)F)n[nH]2)n1. The number of hydrogen-bond donors (Lipinski definition) is 2. The molecule has 9 heteroatoms. The summed E-state index contributed by atoms with van der Waals surface area (Å²) in [6.07, 6.45) is 7.54. The van der Waals surface area contributed by atoms with Gasteiger partial charge in [0, 0.05) is 6.07 Å². The Balaban J connectivity index is 1.96. The zero-order valence-electron chi connectivity index (χ0n) is 14.8. The Morgan fingerprint density at radius 2 is 2.08 bits per heavy atom. The Morgan fingerprint density at radius 3 is 2.77 bits per heavy atom. The van der Waals surface area contributed by atoms with Gasteiger partial charge in [-0.3, -0.25) is 10.1 Å². The first-order valence-electron chi connectivity index (χ1n) is 8.38. The Labute approximate surface area is 150 Å². The van der Waals surface area contributed by atoms with E-state index in [0.29, 0.717) is 23.4 Å². The van der Waals surface area contributed by atoms with Crippen LogP contribution in [0.5, 0.6) is 11.8 Å². The smallest absolute Gasteiger partial charge is 0.388 e. The van der Waals surface area contributed by atoms with Crippen molar-refractivity contribution >= 4 is 11.6 Å². The largest absolute Gasteiger partial charge is 0.469 e. The molecule has 0 spiro atoms. The monoisotopic (exact) mass is 367 g/mol. The van der Waals surface area contributed by atoms with Crippen LogP contribution in [-0.2, 0) is 0 Å². The number of rotatable bonds is 11. The molecule has 0 aliphatic carbocycles. The second kappa shape index (κ2) is 9.69. The molecule has 142 valence electrons. The number of aromatic amines is 1. The summed E-state index contributed by atoms with van der Waals surface area (Å²) < 4.78 is 34.3. The first-order chi connectivity index (χ1) is 12.5. The summed E-state index contributed by atoms with van der Waals surface area (Å²) in [7, 11) is 0. The van der Waals surface area contributed by atoms with Crippen molar-refractivity contribution in [2.75, 3.05) is 5.32 Å². The van der Waals surface area contributed by atoms with Crippen LogP contribution in [0.1, 0.15) is 33.1 Å². The molecule has 26 heavy (non-hydrogen) atoms. The lowest BCUT2D eigenvalue weighted by atomic mass is 10.0. The van der Waals surface area contributed by atoms with Crippen LogP contribution in [0.25, 0.3) is 0 Å². The van der Waals surface area contributed by atoms with Gasteiger partial charge < -0.3 is 14.8 Å². The average molecular weight is 367 g/mol.